The van der Waals surface area contributed by atoms with Crippen LogP contribution < -0.4 is 10.6 Å². The van der Waals surface area contributed by atoms with Crippen LogP contribution in [-0.4, -0.2) is 49.6 Å². The summed E-state index contributed by atoms with van der Waals surface area (Å²) in [5.41, 5.74) is 0. The maximum atomic E-state index is 11.6. The molecule has 2 fully saturated rings. The number of nitrogens with zero attached hydrogens (tertiary/aromatic N) is 1. The minimum absolute atomic E-state index is 0.190. The molecular weight excluding hydrogens is 190 g/mol. The van der Waals surface area contributed by atoms with Gasteiger partial charge in [0.05, 0.1) is 6.54 Å². The van der Waals surface area contributed by atoms with E-state index in [2.05, 4.69) is 22.5 Å². The molecule has 0 radical (unpaired) electrons. The fourth-order valence-electron chi connectivity index (χ4n) is 1.94. The Morgan fingerprint density at radius 3 is 3.00 bits per heavy atom. The number of piperazine rings is 1. The van der Waals surface area contributed by atoms with Crippen LogP contribution in [0.15, 0.2) is 0 Å². The minimum atomic E-state index is 0.190. The Balaban J connectivity index is 1.66. The van der Waals surface area contributed by atoms with Gasteiger partial charge in [-0.05, 0) is 25.7 Å². The van der Waals surface area contributed by atoms with E-state index in [1.165, 1.54) is 12.8 Å². The maximum absolute atomic E-state index is 11.6. The van der Waals surface area contributed by atoms with Crippen molar-refractivity contribution in [2.24, 2.45) is 5.92 Å². The van der Waals surface area contributed by atoms with Crippen molar-refractivity contribution in [1.82, 2.24) is 15.5 Å². The van der Waals surface area contributed by atoms with Gasteiger partial charge in [-0.15, -0.1) is 0 Å². The first-order chi connectivity index (χ1) is 7.25. The van der Waals surface area contributed by atoms with E-state index in [1.807, 2.05) is 0 Å². The highest BCUT2D eigenvalue weighted by molar-refractivity contribution is 5.78. The van der Waals surface area contributed by atoms with E-state index in [4.69, 9.17) is 0 Å². The summed E-state index contributed by atoms with van der Waals surface area (Å²) in [5, 5.41) is 6.34. The van der Waals surface area contributed by atoms with Gasteiger partial charge in [-0.2, -0.15) is 0 Å². The molecule has 1 amide bonds. The molecule has 2 N–H and O–H groups in total. The summed E-state index contributed by atoms with van der Waals surface area (Å²) in [6.45, 7) is 6.60. The van der Waals surface area contributed by atoms with Gasteiger partial charge in [-0.3, -0.25) is 9.69 Å². The van der Waals surface area contributed by atoms with Crippen LogP contribution in [0.2, 0.25) is 0 Å². The zero-order valence-corrected chi connectivity index (χ0v) is 9.46. The van der Waals surface area contributed by atoms with Gasteiger partial charge in [0, 0.05) is 32.2 Å². The summed E-state index contributed by atoms with van der Waals surface area (Å²) in [4.78, 5) is 13.9. The molecule has 0 aromatic carbocycles. The van der Waals surface area contributed by atoms with Crippen molar-refractivity contribution < 1.29 is 4.79 Å². The van der Waals surface area contributed by atoms with Crippen molar-refractivity contribution in [2.45, 2.75) is 25.8 Å². The van der Waals surface area contributed by atoms with Gasteiger partial charge in [0.2, 0.25) is 5.91 Å². The molecule has 1 atom stereocenters. The number of amides is 1. The number of carbonyl (C=O) groups excluding carboxylic acids is 1. The molecule has 0 aromatic rings. The van der Waals surface area contributed by atoms with Gasteiger partial charge in [-0.25, -0.2) is 0 Å². The molecule has 0 unspecified atom stereocenters. The molecule has 2 rings (SSSR count). The van der Waals surface area contributed by atoms with Gasteiger partial charge >= 0.3 is 0 Å². The normalized spacial score (nSPS) is 27.7. The van der Waals surface area contributed by atoms with Crippen LogP contribution >= 0.6 is 0 Å². The smallest absolute Gasteiger partial charge is 0.234 e. The number of hydrogen-bond donors (Lipinski definition) is 2. The molecule has 2 aliphatic rings. The van der Waals surface area contributed by atoms with E-state index in [9.17, 15) is 4.79 Å². The molecule has 0 aromatic heterocycles. The van der Waals surface area contributed by atoms with Crippen molar-refractivity contribution >= 4 is 5.91 Å². The zero-order chi connectivity index (χ0) is 10.7. The molecule has 1 aliphatic carbocycles. The van der Waals surface area contributed by atoms with Crippen molar-refractivity contribution in [3.05, 3.63) is 0 Å². The van der Waals surface area contributed by atoms with Crippen LogP contribution in [0.3, 0.4) is 0 Å². The fourth-order valence-corrected chi connectivity index (χ4v) is 1.94. The van der Waals surface area contributed by atoms with Crippen molar-refractivity contribution in [3.63, 3.8) is 0 Å². The van der Waals surface area contributed by atoms with Gasteiger partial charge < -0.3 is 10.6 Å². The van der Waals surface area contributed by atoms with Gasteiger partial charge in [-0.1, -0.05) is 0 Å². The summed E-state index contributed by atoms with van der Waals surface area (Å²) in [5.74, 6) is 0.963. The van der Waals surface area contributed by atoms with Gasteiger partial charge in [0.15, 0.2) is 0 Å². The second-order valence-electron chi connectivity index (χ2n) is 4.77. The number of carbonyl (C=O) groups is 1. The van der Waals surface area contributed by atoms with Crippen LogP contribution in [0.25, 0.3) is 0 Å². The Morgan fingerprint density at radius 2 is 2.33 bits per heavy atom. The van der Waals surface area contributed by atoms with E-state index in [0.29, 0.717) is 12.6 Å². The lowest BCUT2D eigenvalue weighted by Gasteiger charge is -2.33. The van der Waals surface area contributed by atoms with Crippen LogP contribution in [0.4, 0.5) is 0 Å². The molecule has 1 saturated heterocycles. The van der Waals surface area contributed by atoms with E-state index in [1.54, 1.807) is 0 Å². The fraction of sp³-hybridized carbons (Fsp3) is 0.909. The average Bonchev–Trinajstić information content (AvgIpc) is 3.02. The highest BCUT2D eigenvalue weighted by atomic mass is 16.2. The minimum Gasteiger partial charge on any atom is -0.355 e. The van der Waals surface area contributed by atoms with Gasteiger partial charge in [0.25, 0.3) is 0 Å². The van der Waals surface area contributed by atoms with E-state index in [-0.39, 0.29) is 5.91 Å². The molecule has 0 bridgehead atoms. The number of nitrogens with one attached hydrogen (secondary N) is 2. The lowest BCUT2D eigenvalue weighted by atomic mass is 10.2. The number of rotatable bonds is 4. The third-order valence-corrected chi connectivity index (χ3v) is 3.27. The first kappa shape index (κ1) is 10.9. The SMILES string of the molecule is C[C@H]1CNCCN1CC(=O)NCC1CC1. The largest absolute Gasteiger partial charge is 0.355 e. The molecule has 0 spiro atoms. The van der Waals surface area contributed by atoms with Crippen LogP contribution in [-0.2, 0) is 4.79 Å². The van der Waals surface area contributed by atoms with Crippen molar-refractivity contribution in [2.75, 3.05) is 32.7 Å². The van der Waals surface area contributed by atoms with E-state index >= 15 is 0 Å². The van der Waals surface area contributed by atoms with Crippen LogP contribution in [0.5, 0.6) is 0 Å². The van der Waals surface area contributed by atoms with Crippen LogP contribution in [0, 0.1) is 5.92 Å². The maximum Gasteiger partial charge on any atom is 0.234 e. The molecule has 15 heavy (non-hydrogen) atoms. The summed E-state index contributed by atoms with van der Waals surface area (Å²) in [6.07, 6.45) is 2.59. The molecule has 86 valence electrons. The van der Waals surface area contributed by atoms with Crippen LogP contribution in [0.1, 0.15) is 19.8 Å². The lowest BCUT2D eigenvalue weighted by molar-refractivity contribution is -0.123. The highest BCUT2D eigenvalue weighted by Crippen LogP contribution is 2.27. The first-order valence-corrected chi connectivity index (χ1v) is 5.97. The molecule has 1 saturated carbocycles. The molecule has 4 heteroatoms. The Morgan fingerprint density at radius 1 is 1.53 bits per heavy atom. The highest BCUT2D eigenvalue weighted by Gasteiger charge is 2.23. The van der Waals surface area contributed by atoms with Crippen molar-refractivity contribution in [3.8, 4) is 0 Å². The predicted octanol–water partition coefficient (Wildman–Crippen LogP) is -0.194. The monoisotopic (exact) mass is 211 g/mol. The molecule has 4 nitrogen and oxygen atoms in total. The Bertz CT molecular complexity index is 228. The van der Waals surface area contributed by atoms with E-state index in [0.717, 1.165) is 32.1 Å². The van der Waals surface area contributed by atoms with Crippen molar-refractivity contribution in [1.29, 1.82) is 0 Å². The standard InChI is InChI=1S/C11H21N3O/c1-9-6-12-4-5-14(9)8-11(15)13-7-10-2-3-10/h9-10,12H,2-8H2,1H3,(H,13,15)/t9-/m0/s1. The molecule has 1 heterocycles. The Hall–Kier alpha value is -0.610. The molecular formula is C11H21N3O. The zero-order valence-electron chi connectivity index (χ0n) is 9.46. The Labute approximate surface area is 91.4 Å². The predicted molar refractivity (Wildman–Crippen MR) is 59.6 cm³/mol. The first-order valence-electron chi connectivity index (χ1n) is 5.97. The second-order valence-corrected chi connectivity index (χ2v) is 4.77. The topological polar surface area (TPSA) is 44.4 Å². The average molecular weight is 211 g/mol. The molecule has 1 aliphatic heterocycles. The third kappa shape index (κ3) is 3.47. The summed E-state index contributed by atoms with van der Waals surface area (Å²) >= 11 is 0. The summed E-state index contributed by atoms with van der Waals surface area (Å²) in [6, 6.07) is 0.477. The quantitative estimate of drug-likeness (QED) is 0.677. The lowest BCUT2D eigenvalue weighted by Crippen LogP contribution is -2.52. The van der Waals surface area contributed by atoms with E-state index < -0.39 is 0 Å². The summed E-state index contributed by atoms with van der Waals surface area (Å²) < 4.78 is 0. The Kier molecular flexibility index (Phi) is 3.59. The van der Waals surface area contributed by atoms with Gasteiger partial charge in [0.1, 0.15) is 0 Å². The third-order valence-electron chi connectivity index (χ3n) is 3.27. The second kappa shape index (κ2) is 4.94. The number of hydrogen-bond acceptors (Lipinski definition) is 3. The summed E-state index contributed by atoms with van der Waals surface area (Å²) in [7, 11) is 0.